The first-order chi connectivity index (χ1) is 17.7. The molecule has 0 spiro atoms. The summed E-state index contributed by atoms with van der Waals surface area (Å²) in [6, 6.07) is 14.1. The second kappa shape index (κ2) is 11.6. The molecular formula is C29H32N2O5S. The van der Waals surface area contributed by atoms with Crippen LogP contribution in [-0.2, 0) is 22.4 Å². The van der Waals surface area contributed by atoms with Gasteiger partial charge >= 0.3 is 5.97 Å². The Morgan fingerprint density at radius 2 is 1.76 bits per heavy atom. The molecule has 1 aliphatic carbocycles. The van der Waals surface area contributed by atoms with Crippen molar-refractivity contribution in [3.8, 4) is 5.75 Å². The van der Waals surface area contributed by atoms with Crippen molar-refractivity contribution in [3.05, 3.63) is 75.7 Å². The molecule has 0 radical (unpaired) electrons. The number of nitrogens with one attached hydrogen (secondary N) is 2. The molecule has 3 aromatic rings. The minimum Gasteiger partial charge on any atom is -0.481 e. The molecule has 7 nitrogen and oxygen atoms in total. The largest absolute Gasteiger partial charge is 0.481 e. The lowest BCUT2D eigenvalue weighted by atomic mass is 9.88. The number of fused-ring (bicyclic) bond motifs is 1. The molecule has 0 bridgehead atoms. The van der Waals surface area contributed by atoms with E-state index in [0.29, 0.717) is 33.5 Å². The fraction of sp³-hybridized carbons (Fsp3) is 0.345. The third-order valence-corrected chi connectivity index (χ3v) is 7.51. The van der Waals surface area contributed by atoms with E-state index in [9.17, 15) is 14.4 Å². The Kier molecular flexibility index (Phi) is 8.28. The number of carbonyl (C=O) groups is 3. The van der Waals surface area contributed by atoms with Gasteiger partial charge in [0.15, 0.2) is 6.10 Å². The standard InChI is InChI=1S/C29H32N2O5S/c1-5-35-29(34)25-23-15-8-18(3)16-24(23)37-28(25)31-27(33)20-9-13-22(14-10-20)36-19(4)26(32)30-21-11-6-17(2)7-12-21/h6-7,9-14,18-19H,5,8,15-16H2,1-4H3,(H,30,32)(H,31,33). The Bertz CT molecular complexity index is 1280. The molecule has 0 aliphatic heterocycles. The SMILES string of the molecule is CCOC(=O)c1c(NC(=O)c2ccc(OC(C)C(=O)Nc3ccc(C)cc3)cc2)sc2c1CCC(C)C2. The van der Waals surface area contributed by atoms with Crippen molar-refractivity contribution < 1.29 is 23.9 Å². The van der Waals surface area contributed by atoms with Crippen molar-refractivity contribution >= 4 is 39.8 Å². The average molecular weight is 521 g/mol. The van der Waals surface area contributed by atoms with Gasteiger partial charge in [0, 0.05) is 16.1 Å². The van der Waals surface area contributed by atoms with Gasteiger partial charge in [-0.1, -0.05) is 24.6 Å². The summed E-state index contributed by atoms with van der Waals surface area (Å²) >= 11 is 1.46. The third kappa shape index (κ3) is 6.38. The Morgan fingerprint density at radius 1 is 1.05 bits per heavy atom. The first-order valence-electron chi connectivity index (χ1n) is 12.5. The van der Waals surface area contributed by atoms with Crippen molar-refractivity contribution in [2.45, 2.75) is 53.1 Å². The first-order valence-corrected chi connectivity index (χ1v) is 13.3. The van der Waals surface area contributed by atoms with Gasteiger partial charge in [-0.3, -0.25) is 9.59 Å². The Hall–Kier alpha value is -3.65. The van der Waals surface area contributed by atoms with Gasteiger partial charge in [-0.15, -0.1) is 11.3 Å². The number of rotatable bonds is 8. The number of carbonyl (C=O) groups excluding carboxylic acids is 3. The van der Waals surface area contributed by atoms with E-state index in [-0.39, 0.29) is 18.4 Å². The summed E-state index contributed by atoms with van der Waals surface area (Å²) in [5, 5.41) is 6.28. The molecule has 0 saturated heterocycles. The number of benzene rings is 2. The second-order valence-electron chi connectivity index (χ2n) is 9.37. The fourth-order valence-corrected chi connectivity index (χ4v) is 5.65. The lowest BCUT2D eigenvalue weighted by molar-refractivity contribution is -0.122. The number of esters is 1. The monoisotopic (exact) mass is 520 g/mol. The molecule has 2 atom stereocenters. The lowest BCUT2D eigenvalue weighted by Crippen LogP contribution is -2.30. The number of hydrogen-bond donors (Lipinski definition) is 2. The molecule has 1 aliphatic rings. The Morgan fingerprint density at radius 3 is 2.43 bits per heavy atom. The number of thiophene rings is 1. The summed E-state index contributed by atoms with van der Waals surface area (Å²) in [5.74, 6) is 0.0168. The molecular weight excluding hydrogens is 488 g/mol. The van der Waals surface area contributed by atoms with Crippen LogP contribution < -0.4 is 15.4 Å². The molecule has 37 heavy (non-hydrogen) atoms. The number of ether oxygens (including phenoxy) is 2. The molecule has 1 heterocycles. The Labute approximate surface area is 221 Å². The van der Waals surface area contributed by atoms with E-state index in [1.165, 1.54) is 11.3 Å². The van der Waals surface area contributed by atoms with Crippen LogP contribution >= 0.6 is 11.3 Å². The summed E-state index contributed by atoms with van der Waals surface area (Å²) in [5.41, 5.74) is 3.70. The van der Waals surface area contributed by atoms with Crippen molar-refractivity contribution in [1.29, 1.82) is 0 Å². The van der Waals surface area contributed by atoms with E-state index >= 15 is 0 Å². The van der Waals surface area contributed by atoms with Crippen molar-refractivity contribution in [1.82, 2.24) is 0 Å². The maximum Gasteiger partial charge on any atom is 0.341 e. The average Bonchev–Trinajstić information content (AvgIpc) is 3.22. The van der Waals surface area contributed by atoms with Crippen LogP contribution in [0.3, 0.4) is 0 Å². The van der Waals surface area contributed by atoms with Gasteiger partial charge in [0.05, 0.1) is 12.2 Å². The van der Waals surface area contributed by atoms with Gasteiger partial charge in [-0.05, 0) is 87.9 Å². The Balaban J connectivity index is 1.42. The van der Waals surface area contributed by atoms with Crippen LogP contribution in [0.4, 0.5) is 10.7 Å². The lowest BCUT2D eigenvalue weighted by Gasteiger charge is -2.18. The topological polar surface area (TPSA) is 93.7 Å². The molecule has 2 amide bonds. The molecule has 1 aromatic heterocycles. The molecule has 0 saturated carbocycles. The van der Waals surface area contributed by atoms with Gasteiger partial charge in [-0.2, -0.15) is 0 Å². The minimum atomic E-state index is -0.729. The summed E-state index contributed by atoms with van der Waals surface area (Å²) in [6.45, 7) is 7.89. The molecule has 2 aromatic carbocycles. The van der Waals surface area contributed by atoms with Gasteiger partial charge < -0.3 is 20.1 Å². The number of aryl methyl sites for hydroxylation is 1. The molecule has 8 heteroatoms. The normalized spacial score (nSPS) is 15.3. The molecule has 2 unspecified atom stereocenters. The third-order valence-electron chi connectivity index (χ3n) is 6.34. The van der Waals surface area contributed by atoms with Crippen molar-refractivity contribution in [2.24, 2.45) is 5.92 Å². The van der Waals surface area contributed by atoms with Crippen LogP contribution in [0.2, 0.25) is 0 Å². The van der Waals surface area contributed by atoms with Crippen LogP contribution in [0.15, 0.2) is 48.5 Å². The van der Waals surface area contributed by atoms with Gasteiger partial charge in [0.1, 0.15) is 10.8 Å². The first kappa shape index (κ1) is 26.4. The zero-order chi connectivity index (χ0) is 26.5. The number of amides is 2. The molecule has 2 N–H and O–H groups in total. The van der Waals surface area contributed by atoms with Gasteiger partial charge in [-0.25, -0.2) is 4.79 Å². The van der Waals surface area contributed by atoms with E-state index in [1.54, 1.807) is 38.1 Å². The number of anilines is 2. The summed E-state index contributed by atoms with van der Waals surface area (Å²) in [6.07, 6.45) is 1.97. The van der Waals surface area contributed by atoms with Gasteiger partial charge in [0.2, 0.25) is 0 Å². The minimum absolute atomic E-state index is 0.270. The molecule has 0 fully saturated rings. The summed E-state index contributed by atoms with van der Waals surface area (Å²) in [4.78, 5) is 39.4. The van der Waals surface area contributed by atoms with E-state index < -0.39 is 12.1 Å². The van der Waals surface area contributed by atoms with Crippen molar-refractivity contribution in [3.63, 3.8) is 0 Å². The quantitative estimate of drug-likeness (QED) is 0.355. The highest BCUT2D eigenvalue weighted by molar-refractivity contribution is 7.17. The highest BCUT2D eigenvalue weighted by Gasteiger charge is 2.29. The predicted molar refractivity (Wildman–Crippen MR) is 146 cm³/mol. The van der Waals surface area contributed by atoms with E-state index in [4.69, 9.17) is 9.47 Å². The molecule has 194 valence electrons. The van der Waals surface area contributed by atoms with Crippen LogP contribution in [-0.4, -0.2) is 30.5 Å². The molecule has 4 rings (SSSR count). The highest BCUT2D eigenvalue weighted by Crippen LogP contribution is 2.40. The van der Waals surface area contributed by atoms with Crippen LogP contribution in [0, 0.1) is 12.8 Å². The van der Waals surface area contributed by atoms with Crippen LogP contribution in [0.5, 0.6) is 5.75 Å². The van der Waals surface area contributed by atoms with Crippen LogP contribution in [0.1, 0.15) is 63.9 Å². The van der Waals surface area contributed by atoms with Crippen LogP contribution in [0.25, 0.3) is 0 Å². The zero-order valence-electron chi connectivity index (χ0n) is 21.6. The van der Waals surface area contributed by atoms with Crippen molar-refractivity contribution in [2.75, 3.05) is 17.2 Å². The van der Waals surface area contributed by atoms with E-state index in [0.717, 1.165) is 35.3 Å². The number of hydrogen-bond acceptors (Lipinski definition) is 6. The second-order valence-corrected chi connectivity index (χ2v) is 10.5. The fourth-order valence-electron chi connectivity index (χ4n) is 4.26. The van der Waals surface area contributed by atoms with E-state index in [1.807, 2.05) is 31.2 Å². The highest BCUT2D eigenvalue weighted by atomic mass is 32.1. The summed E-state index contributed by atoms with van der Waals surface area (Å²) in [7, 11) is 0. The van der Waals surface area contributed by atoms with E-state index in [2.05, 4.69) is 17.6 Å². The maximum absolute atomic E-state index is 13.0. The van der Waals surface area contributed by atoms with Gasteiger partial charge in [0.25, 0.3) is 11.8 Å². The zero-order valence-corrected chi connectivity index (χ0v) is 22.4. The summed E-state index contributed by atoms with van der Waals surface area (Å²) < 4.78 is 11.1. The predicted octanol–water partition coefficient (Wildman–Crippen LogP) is 6.02. The maximum atomic E-state index is 13.0. The smallest absolute Gasteiger partial charge is 0.341 e.